The number of carbonyl (C=O) groups is 1. The summed E-state index contributed by atoms with van der Waals surface area (Å²) < 4.78 is 16.6. The number of anilines is 1. The topological polar surface area (TPSA) is 121 Å². The number of furan rings is 1. The Hall–Kier alpha value is -3.99. The van der Waals surface area contributed by atoms with E-state index in [2.05, 4.69) is 9.97 Å². The molecule has 4 rings (SSSR count). The van der Waals surface area contributed by atoms with Gasteiger partial charge in [0, 0.05) is 6.20 Å². The number of carbonyl (C=O) groups excluding carboxylic acids is 1. The SMILES string of the molecule is COc1ccc(OC)c2sc(N(Cc3ccccn3)C(=O)c3ccc([N+](=O)[O-])o3)nc12. The van der Waals surface area contributed by atoms with Gasteiger partial charge in [-0.15, -0.1) is 0 Å². The Morgan fingerprint density at radius 2 is 1.94 bits per heavy atom. The van der Waals surface area contributed by atoms with E-state index in [1.165, 1.54) is 29.4 Å². The molecule has 3 aromatic heterocycles. The molecule has 0 saturated carbocycles. The van der Waals surface area contributed by atoms with Crippen LogP contribution >= 0.6 is 11.3 Å². The fourth-order valence-electron chi connectivity index (χ4n) is 2.94. The van der Waals surface area contributed by atoms with Crippen LogP contribution in [0.25, 0.3) is 10.2 Å². The average molecular weight is 440 g/mol. The number of aromatic nitrogens is 2. The van der Waals surface area contributed by atoms with Crippen molar-refractivity contribution in [2.24, 2.45) is 0 Å². The van der Waals surface area contributed by atoms with Crippen molar-refractivity contribution in [2.45, 2.75) is 6.54 Å². The molecule has 0 bridgehead atoms. The minimum absolute atomic E-state index is 0.0820. The number of amides is 1. The Morgan fingerprint density at radius 3 is 2.58 bits per heavy atom. The summed E-state index contributed by atoms with van der Waals surface area (Å²) in [5.41, 5.74) is 1.14. The van der Waals surface area contributed by atoms with Crippen molar-refractivity contribution in [2.75, 3.05) is 19.1 Å². The Balaban J connectivity index is 1.82. The summed E-state index contributed by atoms with van der Waals surface area (Å²) in [4.78, 5) is 33.7. The molecule has 158 valence electrons. The second kappa shape index (κ2) is 8.40. The van der Waals surface area contributed by atoms with Crippen LogP contribution in [0.2, 0.25) is 0 Å². The van der Waals surface area contributed by atoms with Crippen LogP contribution in [-0.2, 0) is 6.54 Å². The summed E-state index contributed by atoms with van der Waals surface area (Å²) in [5.74, 6) is -0.180. The summed E-state index contributed by atoms with van der Waals surface area (Å²) in [6.07, 6.45) is 1.61. The largest absolute Gasteiger partial charge is 0.495 e. The van der Waals surface area contributed by atoms with E-state index in [4.69, 9.17) is 13.9 Å². The number of hydrogen-bond donors (Lipinski definition) is 0. The highest BCUT2D eigenvalue weighted by molar-refractivity contribution is 7.22. The van der Waals surface area contributed by atoms with Gasteiger partial charge >= 0.3 is 5.88 Å². The molecule has 0 aliphatic rings. The van der Waals surface area contributed by atoms with Gasteiger partial charge in [0.2, 0.25) is 0 Å². The van der Waals surface area contributed by atoms with E-state index in [0.29, 0.717) is 32.5 Å². The van der Waals surface area contributed by atoms with Crippen molar-refractivity contribution >= 4 is 38.5 Å². The lowest BCUT2D eigenvalue weighted by atomic mass is 10.3. The molecule has 0 radical (unpaired) electrons. The highest BCUT2D eigenvalue weighted by Gasteiger charge is 2.28. The third kappa shape index (κ3) is 3.90. The van der Waals surface area contributed by atoms with Gasteiger partial charge in [-0.3, -0.25) is 24.8 Å². The van der Waals surface area contributed by atoms with Gasteiger partial charge in [0.15, 0.2) is 10.9 Å². The Kier molecular flexibility index (Phi) is 5.50. The smallest absolute Gasteiger partial charge is 0.433 e. The minimum Gasteiger partial charge on any atom is -0.495 e. The van der Waals surface area contributed by atoms with E-state index in [0.717, 1.165) is 6.07 Å². The number of rotatable bonds is 7. The molecule has 4 aromatic rings. The minimum atomic E-state index is -0.701. The normalized spacial score (nSPS) is 10.8. The Bertz CT molecular complexity index is 1210. The number of hydrogen-bond acceptors (Lipinski definition) is 9. The third-order valence-corrected chi connectivity index (χ3v) is 5.50. The summed E-state index contributed by atoms with van der Waals surface area (Å²) in [7, 11) is 3.07. The molecule has 0 fully saturated rings. The maximum atomic E-state index is 13.3. The van der Waals surface area contributed by atoms with Crippen molar-refractivity contribution in [3.05, 3.63) is 70.2 Å². The van der Waals surface area contributed by atoms with E-state index < -0.39 is 16.7 Å². The number of thiazole rings is 1. The lowest BCUT2D eigenvalue weighted by Crippen LogP contribution is -2.30. The van der Waals surface area contributed by atoms with Crippen LogP contribution in [0.15, 0.2) is 53.1 Å². The fourth-order valence-corrected chi connectivity index (χ4v) is 4.02. The second-order valence-corrected chi connectivity index (χ2v) is 7.23. The highest BCUT2D eigenvalue weighted by atomic mass is 32.1. The highest BCUT2D eigenvalue weighted by Crippen LogP contribution is 2.40. The molecule has 1 amide bonds. The summed E-state index contributed by atoms with van der Waals surface area (Å²) in [6, 6.07) is 11.2. The van der Waals surface area contributed by atoms with Crippen LogP contribution in [0, 0.1) is 10.1 Å². The lowest BCUT2D eigenvalue weighted by molar-refractivity contribution is -0.402. The van der Waals surface area contributed by atoms with Crippen LogP contribution < -0.4 is 14.4 Å². The van der Waals surface area contributed by atoms with Crippen molar-refractivity contribution in [3.63, 3.8) is 0 Å². The fraction of sp³-hybridized carbons (Fsp3) is 0.150. The standard InChI is InChI=1S/C20H16N4O6S/c1-28-13-6-7-14(29-2)18-17(13)22-20(31-18)23(11-12-5-3-4-10-21-12)19(25)15-8-9-16(30-15)24(26)27/h3-10H,11H2,1-2H3. The maximum Gasteiger partial charge on any atom is 0.433 e. The van der Waals surface area contributed by atoms with Crippen molar-refractivity contribution in [1.82, 2.24) is 9.97 Å². The number of nitro groups is 1. The van der Waals surface area contributed by atoms with Crippen LogP contribution in [0.3, 0.4) is 0 Å². The van der Waals surface area contributed by atoms with Gasteiger partial charge < -0.3 is 13.9 Å². The van der Waals surface area contributed by atoms with Gasteiger partial charge in [-0.1, -0.05) is 17.4 Å². The predicted molar refractivity (Wildman–Crippen MR) is 113 cm³/mol. The summed E-state index contributed by atoms with van der Waals surface area (Å²) in [5, 5.41) is 11.3. The van der Waals surface area contributed by atoms with Crippen LogP contribution in [0.1, 0.15) is 16.2 Å². The first-order chi connectivity index (χ1) is 15.0. The first-order valence-corrected chi connectivity index (χ1v) is 9.81. The van der Waals surface area contributed by atoms with Gasteiger partial charge in [0.1, 0.15) is 26.6 Å². The third-order valence-electron chi connectivity index (χ3n) is 4.40. The number of nitrogens with zero attached hydrogens (tertiary/aromatic N) is 4. The molecular formula is C20H16N4O6S. The van der Waals surface area contributed by atoms with Gasteiger partial charge in [0.05, 0.1) is 32.5 Å². The van der Waals surface area contributed by atoms with Gasteiger partial charge in [-0.05, 0) is 30.3 Å². The quantitative estimate of drug-likeness (QED) is 0.312. The molecule has 0 atom stereocenters. The summed E-state index contributed by atoms with van der Waals surface area (Å²) >= 11 is 1.23. The van der Waals surface area contributed by atoms with Gasteiger partial charge in [-0.2, -0.15) is 0 Å². The van der Waals surface area contributed by atoms with Crippen LogP contribution in [0.4, 0.5) is 11.0 Å². The van der Waals surface area contributed by atoms with Gasteiger partial charge in [-0.25, -0.2) is 4.98 Å². The molecule has 1 aromatic carbocycles. The van der Waals surface area contributed by atoms with E-state index in [1.807, 2.05) is 0 Å². The van der Waals surface area contributed by atoms with Crippen molar-refractivity contribution in [1.29, 1.82) is 0 Å². The first-order valence-electron chi connectivity index (χ1n) is 8.99. The molecule has 0 aliphatic heterocycles. The van der Waals surface area contributed by atoms with E-state index >= 15 is 0 Å². The second-order valence-electron chi connectivity index (χ2n) is 6.25. The predicted octanol–water partition coefficient (Wildman–Crippen LogP) is 4.06. The van der Waals surface area contributed by atoms with Gasteiger partial charge in [0.25, 0.3) is 5.91 Å². The first kappa shape index (κ1) is 20.3. The molecule has 31 heavy (non-hydrogen) atoms. The molecule has 0 spiro atoms. The van der Waals surface area contributed by atoms with E-state index in [-0.39, 0.29) is 12.3 Å². The molecule has 11 heteroatoms. The summed E-state index contributed by atoms with van der Waals surface area (Å²) in [6.45, 7) is 0.0820. The molecule has 0 aliphatic carbocycles. The van der Waals surface area contributed by atoms with Crippen LogP contribution in [0.5, 0.6) is 11.5 Å². The zero-order chi connectivity index (χ0) is 22.0. The Morgan fingerprint density at radius 1 is 1.16 bits per heavy atom. The number of benzene rings is 1. The number of fused-ring (bicyclic) bond motifs is 1. The average Bonchev–Trinajstić information content (AvgIpc) is 3.45. The zero-order valence-electron chi connectivity index (χ0n) is 16.5. The number of ether oxygens (including phenoxy) is 2. The Labute approximate surface area is 179 Å². The van der Waals surface area contributed by atoms with E-state index in [1.54, 1.807) is 43.6 Å². The number of pyridine rings is 1. The molecule has 0 saturated heterocycles. The van der Waals surface area contributed by atoms with Crippen molar-refractivity contribution in [3.8, 4) is 11.5 Å². The molecular weight excluding hydrogens is 424 g/mol. The lowest BCUT2D eigenvalue weighted by Gasteiger charge is -2.18. The molecule has 0 N–H and O–H groups in total. The zero-order valence-corrected chi connectivity index (χ0v) is 17.3. The molecule has 0 unspecified atom stereocenters. The number of methoxy groups -OCH3 is 2. The molecule has 3 heterocycles. The van der Waals surface area contributed by atoms with Crippen LogP contribution in [-0.4, -0.2) is 35.0 Å². The maximum absolute atomic E-state index is 13.3. The van der Waals surface area contributed by atoms with Crippen molar-refractivity contribution < 1.29 is 23.6 Å². The monoisotopic (exact) mass is 440 g/mol. The molecule has 10 nitrogen and oxygen atoms in total. The van der Waals surface area contributed by atoms with E-state index in [9.17, 15) is 14.9 Å².